The maximum atomic E-state index is 11.3. The molecule has 0 fully saturated rings. The Morgan fingerprint density at radius 1 is 0.909 bits per heavy atom. The summed E-state index contributed by atoms with van der Waals surface area (Å²) in [6.45, 7) is 2.84. The van der Waals surface area contributed by atoms with Gasteiger partial charge in [0.05, 0.1) is 26.9 Å². The summed E-state index contributed by atoms with van der Waals surface area (Å²) in [4.78, 5) is 11.3. The molecular weight excluding hydrogens is 412 g/mol. The zero-order valence-electron chi connectivity index (χ0n) is 20.7. The summed E-state index contributed by atoms with van der Waals surface area (Å²) in [5.41, 5.74) is 1.15. The van der Waals surface area contributed by atoms with E-state index in [2.05, 4.69) is 55.5 Å². The monoisotopic (exact) mass is 454 g/mol. The number of hydrogen-bond donors (Lipinski definition) is 0. The van der Waals surface area contributed by atoms with E-state index in [0.717, 1.165) is 37.0 Å². The predicted octanol–water partition coefficient (Wildman–Crippen LogP) is 7.20. The summed E-state index contributed by atoms with van der Waals surface area (Å²) in [6, 6.07) is 8.07. The van der Waals surface area contributed by atoms with Gasteiger partial charge >= 0.3 is 5.97 Å². The molecule has 0 heterocycles. The number of esters is 1. The summed E-state index contributed by atoms with van der Waals surface area (Å²) in [5, 5.41) is 0. The van der Waals surface area contributed by atoms with Crippen molar-refractivity contribution in [2.75, 3.05) is 14.2 Å². The van der Waals surface area contributed by atoms with Gasteiger partial charge in [-0.3, -0.25) is 4.79 Å². The molecule has 0 aromatic heterocycles. The van der Waals surface area contributed by atoms with Crippen molar-refractivity contribution in [2.45, 2.75) is 77.4 Å². The molecule has 0 radical (unpaired) electrons. The van der Waals surface area contributed by atoms with Crippen LogP contribution in [0.3, 0.4) is 0 Å². The van der Waals surface area contributed by atoms with E-state index in [1.54, 1.807) is 7.11 Å². The van der Waals surface area contributed by atoms with Crippen LogP contribution in [0.15, 0.2) is 60.7 Å². The van der Waals surface area contributed by atoms with Crippen molar-refractivity contribution in [2.24, 2.45) is 11.8 Å². The Hall–Kier alpha value is -2.33. The third-order valence-corrected chi connectivity index (χ3v) is 6.22. The second kappa shape index (κ2) is 16.3. The number of carbonyl (C=O) groups excluding carboxylic acids is 1. The molecule has 3 atom stereocenters. The first-order chi connectivity index (χ1) is 16.2. The van der Waals surface area contributed by atoms with E-state index in [9.17, 15) is 4.79 Å². The molecule has 4 nitrogen and oxygen atoms in total. The molecule has 0 N–H and O–H groups in total. The minimum atomic E-state index is -0.138. The van der Waals surface area contributed by atoms with Crippen molar-refractivity contribution in [3.8, 4) is 5.75 Å². The quantitative estimate of drug-likeness (QED) is 0.150. The number of unbranched alkanes of at least 4 members (excludes halogenated alkanes) is 4. The topological polar surface area (TPSA) is 44.8 Å². The molecule has 0 bridgehead atoms. The molecule has 0 spiro atoms. The fraction of sp³-hybridized carbons (Fsp3) is 0.552. The highest BCUT2D eigenvalue weighted by atomic mass is 16.5. The first-order valence-electron chi connectivity index (χ1n) is 12.5. The van der Waals surface area contributed by atoms with E-state index < -0.39 is 0 Å². The highest BCUT2D eigenvalue weighted by molar-refractivity contribution is 5.69. The molecule has 1 aliphatic carbocycles. The minimum Gasteiger partial charge on any atom is -0.497 e. The van der Waals surface area contributed by atoms with Gasteiger partial charge < -0.3 is 14.2 Å². The number of rotatable bonds is 16. The summed E-state index contributed by atoms with van der Waals surface area (Å²) in [5.74, 6) is 1.65. The first kappa shape index (κ1) is 26.9. The second-order valence-corrected chi connectivity index (χ2v) is 8.71. The highest BCUT2D eigenvalue weighted by Crippen LogP contribution is 2.34. The molecule has 1 aromatic carbocycles. The van der Waals surface area contributed by atoms with Crippen molar-refractivity contribution < 1.29 is 19.0 Å². The third-order valence-electron chi connectivity index (χ3n) is 6.22. The molecule has 0 saturated heterocycles. The normalized spacial score (nSPS) is 20.2. The SMILES string of the molecule is CCCCC/C=C\C[C@H]1C=C[C@@H](OCc2ccc(OC)cc2)[C@@H]1C/C=C\CCCC(=O)OC. The maximum absolute atomic E-state index is 11.3. The van der Waals surface area contributed by atoms with Gasteiger partial charge in [0.15, 0.2) is 0 Å². The van der Waals surface area contributed by atoms with Gasteiger partial charge in [-0.15, -0.1) is 0 Å². The number of hydrogen-bond acceptors (Lipinski definition) is 4. The largest absolute Gasteiger partial charge is 0.497 e. The Balaban J connectivity index is 1.88. The summed E-state index contributed by atoms with van der Waals surface area (Å²) >= 11 is 0. The van der Waals surface area contributed by atoms with Crippen molar-refractivity contribution >= 4 is 5.97 Å². The van der Waals surface area contributed by atoms with Crippen molar-refractivity contribution in [3.05, 3.63) is 66.3 Å². The van der Waals surface area contributed by atoms with Crippen LogP contribution in [0.5, 0.6) is 5.75 Å². The van der Waals surface area contributed by atoms with Crippen molar-refractivity contribution in [3.63, 3.8) is 0 Å². The molecule has 182 valence electrons. The number of carbonyl (C=O) groups is 1. The lowest BCUT2D eigenvalue weighted by Crippen LogP contribution is -2.22. The Kier molecular flexibility index (Phi) is 13.3. The Bertz CT molecular complexity index is 747. The fourth-order valence-corrected chi connectivity index (χ4v) is 4.16. The predicted molar refractivity (Wildman–Crippen MR) is 135 cm³/mol. The Morgan fingerprint density at radius 3 is 2.33 bits per heavy atom. The van der Waals surface area contributed by atoms with Crippen molar-refractivity contribution in [1.82, 2.24) is 0 Å². The lowest BCUT2D eigenvalue weighted by molar-refractivity contribution is -0.140. The summed E-state index contributed by atoms with van der Waals surface area (Å²) in [6.07, 6.45) is 23.1. The standard InChI is InChI=1S/C29H42O4/c1-4-5-6-7-8-11-14-25-19-22-28(33-23-24-17-20-26(31-2)21-18-24)27(25)15-12-9-10-13-16-29(30)32-3/h8-9,11-12,17-22,25,27-28H,4-7,10,13-16,23H2,1-3H3/b11-8-,12-9-/t25-,27+,28+/m0/s1. The van der Waals surface area contributed by atoms with Crippen LogP contribution in [0.2, 0.25) is 0 Å². The first-order valence-corrected chi connectivity index (χ1v) is 12.5. The Morgan fingerprint density at radius 2 is 1.64 bits per heavy atom. The van der Waals surface area contributed by atoms with Crippen molar-refractivity contribution in [1.29, 1.82) is 0 Å². The number of allylic oxidation sites excluding steroid dienone is 5. The van der Waals surface area contributed by atoms with Crippen LogP contribution in [0.1, 0.15) is 70.3 Å². The molecule has 0 saturated carbocycles. The van der Waals surface area contributed by atoms with Gasteiger partial charge in [-0.1, -0.05) is 68.4 Å². The van der Waals surface area contributed by atoms with Crippen LogP contribution in [-0.2, 0) is 20.9 Å². The van der Waals surface area contributed by atoms with E-state index in [1.807, 2.05) is 12.1 Å². The zero-order chi connectivity index (χ0) is 23.7. The molecule has 1 aliphatic rings. The highest BCUT2D eigenvalue weighted by Gasteiger charge is 2.30. The van der Waals surface area contributed by atoms with Crippen LogP contribution >= 0.6 is 0 Å². The van der Waals surface area contributed by atoms with Gasteiger partial charge in [0.1, 0.15) is 5.75 Å². The van der Waals surface area contributed by atoms with Crippen LogP contribution in [0, 0.1) is 11.8 Å². The lowest BCUT2D eigenvalue weighted by atomic mass is 9.87. The van der Waals surface area contributed by atoms with Gasteiger partial charge in [0, 0.05) is 6.42 Å². The van der Waals surface area contributed by atoms with E-state index >= 15 is 0 Å². The number of methoxy groups -OCH3 is 2. The van der Waals surface area contributed by atoms with Gasteiger partial charge in [-0.2, -0.15) is 0 Å². The molecule has 33 heavy (non-hydrogen) atoms. The van der Waals surface area contributed by atoms with E-state index in [0.29, 0.717) is 24.9 Å². The van der Waals surface area contributed by atoms with Gasteiger partial charge in [-0.05, 0) is 68.1 Å². The summed E-state index contributed by atoms with van der Waals surface area (Å²) < 4.78 is 16.3. The van der Waals surface area contributed by atoms with E-state index in [-0.39, 0.29) is 12.1 Å². The molecule has 1 aromatic rings. The van der Waals surface area contributed by atoms with Crippen LogP contribution in [0.4, 0.5) is 0 Å². The van der Waals surface area contributed by atoms with E-state index in [4.69, 9.17) is 14.2 Å². The van der Waals surface area contributed by atoms with Crippen LogP contribution in [0.25, 0.3) is 0 Å². The minimum absolute atomic E-state index is 0.116. The third kappa shape index (κ3) is 10.4. The number of ether oxygens (including phenoxy) is 3. The fourth-order valence-electron chi connectivity index (χ4n) is 4.16. The second-order valence-electron chi connectivity index (χ2n) is 8.71. The van der Waals surface area contributed by atoms with Crippen LogP contribution < -0.4 is 4.74 Å². The average Bonchev–Trinajstić information content (AvgIpc) is 3.23. The molecule has 0 unspecified atom stereocenters. The average molecular weight is 455 g/mol. The van der Waals surface area contributed by atoms with E-state index in [1.165, 1.54) is 32.8 Å². The lowest BCUT2D eigenvalue weighted by Gasteiger charge is -2.24. The molecule has 0 aliphatic heterocycles. The number of benzene rings is 1. The molecular formula is C29H42O4. The molecule has 0 amide bonds. The van der Waals surface area contributed by atoms with Crippen LogP contribution in [-0.4, -0.2) is 26.3 Å². The smallest absolute Gasteiger partial charge is 0.305 e. The van der Waals surface area contributed by atoms with Gasteiger partial charge in [0.2, 0.25) is 0 Å². The molecule has 4 heteroatoms. The maximum Gasteiger partial charge on any atom is 0.305 e. The van der Waals surface area contributed by atoms with Gasteiger partial charge in [0.25, 0.3) is 0 Å². The summed E-state index contributed by atoms with van der Waals surface area (Å²) in [7, 11) is 3.12. The molecule has 2 rings (SSSR count). The van der Waals surface area contributed by atoms with Gasteiger partial charge in [-0.25, -0.2) is 0 Å². The zero-order valence-corrected chi connectivity index (χ0v) is 20.7. The Labute approximate surface area is 200 Å².